The van der Waals surface area contributed by atoms with Crippen LogP contribution in [0.25, 0.3) is 0 Å². The van der Waals surface area contributed by atoms with Crippen molar-refractivity contribution < 1.29 is 0 Å². The fourth-order valence-electron chi connectivity index (χ4n) is 2.42. The molecule has 2 unspecified atom stereocenters. The van der Waals surface area contributed by atoms with E-state index in [1.165, 1.54) is 19.3 Å². The van der Waals surface area contributed by atoms with Crippen LogP contribution in [-0.4, -0.2) is 30.0 Å². The fraction of sp³-hybridized carbons (Fsp3) is 0.909. The molecule has 4 nitrogen and oxygen atoms in total. The third-order valence-corrected chi connectivity index (χ3v) is 3.15. The molecule has 3 N–H and O–H groups in total. The maximum atomic E-state index is 5.55. The molecule has 4 heteroatoms. The van der Waals surface area contributed by atoms with Crippen molar-refractivity contribution in [3.8, 4) is 0 Å². The van der Waals surface area contributed by atoms with Crippen LogP contribution in [0.4, 0.5) is 0 Å². The molecule has 0 aromatic carbocycles. The van der Waals surface area contributed by atoms with Crippen LogP contribution >= 0.6 is 0 Å². The molecule has 0 spiro atoms. The van der Waals surface area contributed by atoms with Gasteiger partial charge in [-0.15, -0.1) is 0 Å². The smallest absolute Gasteiger partial charge is 0.208 e. The summed E-state index contributed by atoms with van der Waals surface area (Å²) in [4.78, 5) is 6.91. The first-order chi connectivity index (χ1) is 7.19. The van der Waals surface area contributed by atoms with Gasteiger partial charge in [-0.3, -0.25) is 5.43 Å². The maximum Gasteiger partial charge on any atom is 0.208 e. The van der Waals surface area contributed by atoms with Gasteiger partial charge in [-0.1, -0.05) is 13.8 Å². The van der Waals surface area contributed by atoms with E-state index < -0.39 is 0 Å². The Morgan fingerprint density at radius 3 is 2.33 bits per heavy atom. The van der Waals surface area contributed by atoms with Crippen molar-refractivity contribution in [1.29, 1.82) is 0 Å². The highest BCUT2D eigenvalue weighted by Crippen LogP contribution is 2.25. The lowest BCUT2D eigenvalue weighted by Crippen LogP contribution is -2.50. The molecule has 1 aliphatic heterocycles. The molecule has 86 valence electrons. The number of hydrogen-bond acceptors (Lipinski definition) is 2. The number of rotatable bonds is 1. The molecule has 1 saturated carbocycles. The molecule has 1 heterocycles. The van der Waals surface area contributed by atoms with Gasteiger partial charge in [0.1, 0.15) is 0 Å². The van der Waals surface area contributed by atoms with E-state index in [0.29, 0.717) is 6.04 Å². The summed E-state index contributed by atoms with van der Waals surface area (Å²) in [5.41, 5.74) is 2.76. The number of aliphatic imine (C=N–C) groups is 1. The summed E-state index contributed by atoms with van der Waals surface area (Å²) >= 11 is 0. The second kappa shape index (κ2) is 4.39. The number of hydrogen-bond donors (Lipinski definition) is 2. The summed E-state index contributed by atoms with van der Waals surface area (Å²) in [7, 11) is 0. The van der Waals surface area contributed by atoms with E-state index in [1.807, 2.05) is 0 Å². The highest BCUT2D eigenvalue weighted by Gasteiger charge is 2.27. The summed E-state index contributed by atoms with van der Waals surface area (Å²) in [6.45, 7) is 6.77. The normalized spacial score (nSPS) is 33.0. The van der Waals surface area contributed by atoms with Crippen molar-refractivity contribution in [2.45, 2.75) is 39.2 Å². The second-order valence-corrected chi connectivity index (χ2v) is 5.18. The summed E-state index contributed by atoms with van der Waals surface area (Å²) in [6, 6.07) is 0.531. The van der Waals surface area contributed by atoms with E-state index in [2.05, 4.69) is 29.2 Å². The molecule has 0 radical (unpaired) electrons. The summed E-state index contributed by atoms with van der Waals surface area (Å²) < 4.78 is 0. The zero-order chi connectivity index (χ0) is 10.8. The van der Waals surface area contributed by atoms with Gasteiger partial charge < -0.3 is 4.90 Å². The second-order valence-electron chi connectivity index (χ2n) is 5.18. The lowest BCUT2D eigenvalue weighted by molar-refractivity contribution is 0.208. The topological polar surface area (TPSA) is 53.6 Å². The minimum atomic E-state index is 0.531. The first-order valence-corrected chi connectivity index (χ1v) is 5.98. The van der Waals surface area contributed by atoms with Crippen molar-refractivity contribution >= 4 is 5.96 Å². The molecule has 2 fully saturated rings. The fourth-order valence-corrected chi connectivity index (χ4v) is 2.42. The molecule has 0 amide bonds. The summed E-state index contributed by atoms with van der Waals surface area (Å²) in [5, 5.41) is 0. The first-order valence-electron chi connectivity index (χ1n) is 5.98. The standard InChI is InChI=1S/C11H22N4/c1-8-5-9(2)7-15(6-8)11(14-12)13-10-3-4-10/h8-10H,3-7,12H2,1-2H3,(H,13,14). The van der Waals surface area contributed by atoms with Gasteiger partial charge in [0.15, 0.2) is 0 Å². The van der Waals surface area contributed by atoms with E-state index in [-0.39, 0.29) is 0 Å². The molecule has 2 aliphatic rings. The van der Waals surface area contributed by atoms with Gasteiger partial charge in [-0.2, -0.15) is 0 Å². The van der Waals surface area contributed by atoms with Crippen molar-refractivity contribution in [3.05, 3.63) is 0 Å². The van der Waals surface area contributed by atoms with Gasteiger partial charge in [0, 0.05) is 13.1 Å². The Balaban J connectivity index is 1.99. The molecule has 1 aliphatic carbocycles. The molecular weight excluding hydrogens is 188 g/mol. The van der Waals surface area contributed by atoms with E-state index in [9.17, 15) is 0 Å². The zero-order valence-corrected chi connectivity index (χ0v) is 9.74. The van der Waals surface area contributed by atoms with Gasteiger partial charge in [0.05, 0.1) is 6.04 Å². The third-order valence-electron chi connectivity index (χ3n) is 3.15. The Morgan fingerprint density at radius 2 is 1.87 bits per heavy atom. The quantitative estimate of drug-likeness (QED) is 0.293. The largest absolute Gasteiger partial charge is 0.341 e. The predicted molar refractivity (Wildman–Crippen MR) is 62.3 cm³/mol. The van der Waals surface area contributed by atoms with Crippen LogP contribution in [-0.2, 0) is 0 Å². The highest BCUT2D eigenvalue weighted by atomic mass is 15.4. The van der Waals surface area contributed by atoms with Gasteiger partial charge in [-0.25, -0.2) is 10.8 Å². The monoisotopic (exact) mass is 210 g/mol. The van der Waals surface area contributed by atoms with Gasteiger partial charge in [0.2, 0.25) is 5.96 Å². The van der Waals surface area contributed by atoms with Crippen molar-refractivity contribution in [2.75, 3.05) is 13.1 Å². The first kappa shape index (κ1) is 10.7. The molecule has 0 aromatic rings. The lowest BCUT2D eigenvalue weighted by atomic mass is 9.92. The van der Waals surface area contributed by atoms with Crippen LogP contribution in [0.2, 0.25) is 0 Å². The van der Waals surface area contributed by atoms with Crippen molar-refractivity contribution in [3.63, 3.8) is 0 Å². The maximum absolute atomic E-state index is 5.55. The molecule has 1 saturated heterocycles. The number of guanidine groups is 1. The van der Waals surface area contributed by atoms with Gasteiger partial charge >= 0.3 is 0 Å². The van der Waals surface area contributed by atoms with Crippen LogP contribution in [0, 0.1) is 11.8 Å². The molecule has 0 bridgehead atoms. The van der Waals surface area contributed by atoms with Crippen LogP contribution < -0.4 is 11.3 Å². The molecule has 15 heavy (non-hydrogen) atoms. The van der Waals surface area contributed by atoms with Crippen molar-refractivity contribution in [2.24, 2.45) is 22.7 Å². The molecule has 2 rings (SSSR count). The van der Waals surface area contributed by atoms with Gasteiger partial charge in [0.25, 0.3) is 0 Å². The average molecular weight is 210 g/mol. The van der Waals surface area contributed by atoms with Crippen LogP contribution in [0.3, 0.4) is 0 Å². The van der Waals surface area contributed by atoms with E-state index in [1.54, 1.807) is 0 Å². The molecular formula is C11H22N4. The number of nitrogens with one attached hydrogen (secondary N) is 1. The minimum Gasteiger partial charge on any atom is -0.341 e. The molecule has 0 aromatic heterocycles. The number of likely N-dealkylation sites (tertiary alicyclic amines) is 1. The van der Waals surface area contributed by atoms with Crippen LogP contribution in [0.15, 0.2) is 4.99 Å². The average Bonchev–Trinajstić information content (AvgIpc) is 2.96. The number of piperidine rings is 1. The number of hydrazine groups is 1. The Kier molecular flexibility index (Phi) is 3.14. The summed E-state index contributed by atoms with van der Waals surface area (Å²) in [5.74, 6) is 7.93. The van der Waals surface area contributed by atoms with E-state index in [4.69, 9.17) is 5.84 Å². The Morgan fingerprint density at radius 1 is 1.27 bits per heavy atom. The highest BCUT2D eigenvalue weighted by molar-refractivity contribution is 5.79. The van der Waals surface area contributed by atoms with Crippen LogP contribution in [0.1, 0.15) is 33.1 Å². The minimum absolute atomic E-state index is 0.531. The summed E-state index contributed by atoms with van der Waals surface area (Å²) in [6.07, 6.45) is 3.77. The van der Waals surface area contributed by atoms with E-state index in [0.717, 1.165) is 30.9 Å². The predicted octanol–water partition coefficient (Wildman–Crippen LogP) is 0.946. The Bertz CT molecular complexity index is 237. The SMILES string of the molecule is CC1CC(C)CN(C(=NC2CC2)NN)C1. The zero-order valence-electron chi connectivity index (χ0n) is 9.74. The van der Waals surface area contributed by atoms with Crippen LogP contribution in [0.5, 0.6) is 0 Å². The van der Waals surface area contributed by atoms with Crippen molar-refractivity contribution in [1.82, 2.24) is 10.3 Å². The third kappa shape index (κ3) is 2.84. The Hall–Kier alpha value is -0.770. The number of nitrogens with two attached hydrogens (primary N) is 1. The molecule has 2 atom stereocenters. The number of nitrogens with zero attached hydrogens (tertiary/aromatic N) is 2. The van der Waals surface area contributed by atoms with Gasteiger partial charge in [-0.05, 0) is 31.1 Å². The Labute approximate surface area is 91.9 Å². The lowest BCUT2D eigenvalue weighted by Gasteiger charge is -2.36. The van der Waals surface area contributed by atoms with E-state index >= 15 is 0 Å².